The van der Waals surface area contributed by atoms with E-state index in [1.54, 1.807) is 25.3 Å². The molecule has 0 saturated heterocycles. The van der Waals surface area contributed by atoms with Crippen molar-refractivity contribution in [2.24, 2.45) is 0 Å². The molecule has 0 bridgehead atoms. The molecule has 1 rings (SSSR count). The van der Waals surface area contributed by atoms with Crippen molar-refractivity contribution in [1.29, 1.82) is 0 Å². The third-order valence-electron chi connectivity index (χ3n) is 2.28. The zero-order valence-electron chi connectivity index (χ0n) is 10.4. The molecule has 0 aromatic heterocycles. The third kappa shape index (κ3) is 3.71. The minimum absolute atomic E-state index is 0.0980. The topological polar surface area (TPSA) is 61.5 Å². The molecule has 96 valence electrons. The first-order chi connectivity index (χ1) is 8.10. The van der Waals surface area contributed by atoms with Gasteiger partial charge in [0.05, 0.1) is 34.2 Å². The molecule has 4 nitrogen and oxygen atoms in total. The lowest BCUT2D eigenvalue weighted by atomic mass is 10.3. The summed E-state index contributed by atoms with van der Waals surface area (Å²) in [5.41, 5.74) is 6.35. The van der Waals surface area contributed by atoms with Gasteiger partial charge in [0.25, 0.3) is 0 Å². The van der Waals surface area contributed by atoms with Crippen molar-refractivity contribution in [3.05, 3.63) is 18.2 Å². The maximum atomic E-state index is 12.2. The summed E-state index contributed by atoms with van der Waals surface area (Å²) in [6.45, 7) is 4.78. The Labute approximate surface area is 105 Å². The molecule has 0 heterocycles. The Bertz CT molecular complexity index is 395. The largest absolute Gasteiger partial charge is 0.494 e. The number of rotatable bonds is 6. The number of hydrogen-bond donors (Lipinski definition) is 1. The van der Waals surface area contributed by atoms with Crippen LogP contribution in [0.5, 0.6) is 5.75 Å². The van der Waals surface area contributed by atoms with E-state index >= 15 is 0 Å². The van der Waals surface area contributed by atoms with Gasteiger partial charge in [-0.25, -0.2) is 0 Å². The fraction of sp³-hybridized carbons (Fsp3) is 0.500. The van der Waals surface area contributed by atoms with Crippen LogP contribution in [0.2, 0.25) is 0 Å². The Morgan fingerprint density at radius 3 is 2.76 bits per heavy atom. The zero-order valence-corrected chi connectivity index (χ0v) is 11.3. The van der Waals surface area contributed by atoms with Gasteiger partial charge in [-0.15, -0.1) is 0 Å². The Balaban J connectivity index is 2.95. The molecule has 2 unspecified atom stereocenters. The monoisotopic (exact) mass is 257 g/mol. The summed E-state index contributed by atoms with van der Waals surface area (Å²) in [6, 6.07) is 5.24. The van der Waals surface area contributed by atoms with Gasteiger partial charge in [0.1, 0.15) is 5.75 Å². The fourth-order valence-electron chi connectivity index (χ4n) is 1.46. The minimum Gasteiger partial charge on any atom is -0.494 e. The van der Waals surface area contributed by atoms with Gasteiger partial charge in [-0.1, -0.05) is 0 Å². The summed E-state index contributed by atoms with van der Waals surface area (Å²) in [4.78, 5) is 0.612. The summed E-state index contributed by atoms with van der Waals surface area (Å²) >= 11 is 0. The van der Waals surface area contributed by atoms with Gasteiger partial charge in [0.2, 0.25) is 0 Å². The maximum Gasteiger partial charge on any atom is 0.120 e. The second-order valence-electron chi connectivity index (χ2n) is 3.70. The molecule has 0 saturated carbocycles. The van der Waals surface area contributed by atoms with Crippen molar-refractivity contribution in [3.63, 3.8) is 0 Å². The molecule has 0 aliphatic rings. The Kier molecular flexibility index (Phi) is 5.44. The van der Waals surface area contributed by atoms with Crippen molar-refractivity contribution in [2.75, 3.05) is 26.1 Å². The molecule has 0 amide bonds. The normalized spacial score (nSPS) is 14.3. The number of nitrogens with two attached hydrogens (primary N) is 1. The number of nitrogen functional groups attached to an aromatic ring is 1. The van der Waals surface area contributed by atoms with E-state index in [9.17, 15) is 4.21 Å². The number of methoxy groups -OCH3 is 1. The third-order valence-corrected chi connectivity index (χ3v) is 3.93. The Hall–Kier alpha value is -1.07. The van der Waals surface area contributed by atoms with E-state index in [2.05, 4.69) is 0 Å². The van der Waals surface area contributed by atoms with Crippen molar-refractivity contribution in [1.82, 2.24) is 0 Å². The molecular weight excluding hydrogens is 238 g/mol. The van der Waals surface area contributed by atoms with E-state index in [1.807, 2.05) is 13.8 Å². The SMILES string of the molecule is CCOc1ccc(N)c(S(=O)C(C)COC)c1. The molecule has 0 spiro atoms. The van der Waals surface area contributed by atoms with E-state index in [0.29, 0.717) is 29.5 Å². The average Bonchev–Trinajstić information content (AvgIpc) is 2.31. The maximum absolute atomic E-state index is 12.2. The first-order valence-electron chi connectivity index (χ1n) is 5.52. The number of benzene rings is 1. The van der Waals surface area contributed by atoms with E-state index < -0.39 is 10.8 Å². The lowest BCUT2D eigenvalue weighted by molar-refractivity contribution is 0.201. The molecule has 0 fully saturated rings. The summed E-state index contributed by atoms with van der Waals surface area (Å²) in [5.74, 6) is 0.690. The summed E-state index contributed by atoms with van der Waals surface area (Å²) in [6.07, 6.45) is 0. The highest BCUT2D eigenvalue weighted by molar-refractivity contribution is 7.85. The van der Waals surface area contributed by atoms with E-state index in [-0.39, 0.29) is 5.25 Å². The Morgan fingerprint density at radius 2 is 2.18 bits per heavy atom. The highest BCUT2D eigenvalue weighted by atomic mass is 32.2. The lowest BCUT2D eigenvalue weighted by Crippen LogP contribution is -2.18. The predicted octanol–water partition coefficient (Wildman–Crippen LogP) is 1.81. The van der Waals surface area contributed by atoms with Crippen LogP contribution in [0.1, 0.15) is 13.8 Å². The number of ether oxygens (including phenoxy) is 2. The second-order valence-corrected chi connectivity index (χ2v) is 5.54. The molecule has 17 heavy (non-hydrogen) atoms. The van der Waals surface area contributed by atoms with Crippen LogP contribution in [0, 0.1) is 0 Å². The predicted molar refractivity (Wildman–Crippen MR) is 69.8 cm³/mol. The molecule has 1 aromatic carbocycles. The van der Waals surface area contributed by atoms with Gasteiger partial charge < -0.3 is 15.2 Å². The smallest absolute Gasteiger partial charge is 0.120 e. The highest BCUT2D eigenvalue weighted by Gasteiger charge is 2.16. The number of anilines is 1. The molecule has 0 aliphatic carbocycles. The first-order valence-corrected chi connectivity index (χ1v) is 6.73. The van der Waals surface area contributed by atoms with Crippen LogP contribution in [0.25, 0.3) is 0 Å². The van der Waals surface area contributed by atoms with Crippen molar-refractivity contribution < 1.29 is 13.7 Å². The fourth-order valence-corrected chi connectivity index (χ4v) is 2.68. The summed E-state index contributed by atoms with van der Waals surface area (Å²) in [5, 5.41) is -0.0980. The van der Waals surface area contributed by atoms with Crippen molar-refractivity contribution in [2.45, 2.75) is 24.0 Å². The van der Waals surface area contributed by atoms with Gasteiger partial charge in [0.15, 0.2) is 0 Å². The van der Waals surface area contributed by atoms with Crippen LogP contribution >= 0.6 is 0 Å². The molecule has 0 radical (unpaired) electrons. The van der Waals surface area contributed by atoms with Gasteiger partial charge in [0, 0.05) is 12.8 Å². The van der Waals surface area contributed by atoms with Crippen LogP contribution in [0.4, 0.5) is 5.69 Å². The van der Waals surface area contributed by atoms with Crippen molar-refractivity contribution >= 4 is 16.5 Å². The second kappa shape index (κ2) is 6.61. The van der Waals surface area contributed by atoms with Crippen LogP contribution in [-0.4, -0.2) is 29.8 Å². The first kappa shape index (κ1) is 14.0. The minimum atomic E-state index is -1.18. The van der Waals surface area contributed by atoms with Gasteiger partial charge >= 0.3 is 0 Å². The quantitative estimate of drug-likeness (QED) is 0.790. The molecule has 1 aromatic rings. The average molecular weight is 257 g/mol. The van der Waals surface area contributed by atoms with Crippen LogP contribution in [-0.2, 0) is 15.5 Å². The van der Waals surface area contributed by atoms with Gasteiger partial charge in [-0.05, 0) is 32.0 Å². The van der Waals surface area contributed by atoms with Gasteiger partial charge in [-0.2, -0.15) is 0 Å². The molecule has 2 atom stereocenters. The highest BCUT2D eigenvalue weighted by Crippen LogP contribution is 2.24. The van der Waals surface area contributed by atoms with Gasteiger partial charge in [-0.3, -0.25) is 4.21 Å². The summed E-state index contributed by atoms with van der Waals surface area (Å²) in [7, 11) is 0.407. The van der Waals surface area contributed by atoms with E-state index in [0.717, 1.165) is 0 Å². The Morgan fingerprint density at radius 1 is 1.47 bits per heavy atom. The van der Waals surface area contributed by atoms with Crippen LogP contribution in [0.3, 0.4) is 0 Å². The molecule has 2 N–H and O–H groups in total. The molecule has 5 heteroatoms. The molecule has 0 aliphatic heterocycles. The zero-order chi connectivity index (χ0) is 12.8. The van der Waals surface area contributed by atoms with Crippen molar-refractivity contribution in [3.8, 4) is 5.75 Å². The standard InChI is InChI=1S/C12H19NO3S/c1-4-16-10-5-6-11(13)12(7-10)17(14)9(2)8-15-3/h5-7,9H,4,8,13H2,1-3H3. The van der Waals surface area contributed by atoms with E-state index in [1.165, 1.54) is 0 Å². The van der Waals surface area contributed by atoms with Crippen LogP contribution in [0.15, 0.2) is 23.1 Å². The van der Waals surface area contributed by atoms with Crippen LogP contribution < -0.4 is 10.5 Å². The summed E-state index contributed by atoms with van der Waals surface area (Å²) < 4.78 is 22.6. The molecular formula is C12H19NO3S. The van der Waals surface area contributed by atoms with E-state index in [4.69, 9.17) is 15.2 Å². The number of hydrogen-bond acceptors (Lipinski definition) is 4. The lowest BCUT2D eigenvalue weighted by Gasteiger charge is -2.13.